The van der Waals surface area contributed by atoms with Crippen molar-refractivity contribution in [2.24, 2.45) is 11.1 Å². The van der Waals surface area contributed by atoms with Gasteiger partial charge >= 0.3 is 0 Å². The van der Waals surface area contributed by atoms with Gasteiger partial charge in [-0.05, 0) is 80.4 Å². The van der Waals surface area contributed by atoms with Crippen LogP contribution in [0, 0.1) is 5.41 Å². The van der Waals surface area contributed by atoms with Gasteiger partial charge in [0.1, 0.15) is 12.2 Å². The number of ether oxygens (including phenoxy) is 3. The molecule has 5 rings (SSSR count). The summed E-state index contributed by atoms with van der Waals surface area (Å²) in [5.74, 6) is 0.730. The highest BCUT2D eigenvalue weighted by Gasteiger charge is 2.41. The highest BCUT2D eigenvalue weighted by atomic mass is 35.5. The molecule has 9 nitrogen and oxygen atoms in total. The monoisotopic (exact) mass is 704 g/mol. The summed E-state index contributed by atoms with van der Waals surface area (Å²) in [4.78, 5) is 31.6. The second kappa shape index (κ2) is 17.5. The van der Waals surface area contributed by atoms with E-state index in [0.29, 0.717) is 54.0 Å². The van der Waals surface area contributed by atoms with Gasteiger partial charge in [-0.3, -0.25) is 9.59 Å². The summed E-state index contributed by atoms with van der Waals surface area (Å²) >= 11 is 6.61. The Bertz CT molecular complexity index is 1570. The number of rotatable bonds is 14. The number of fused-ring (bicyclic) bond motifs is 1. The molecule has 2 amide bonds. The van der Waals surface area contributed by atoms with Crippen LogP contribution in [0.4, 0.5) is 5.69 Å². The number of likely N-dealkylation sites (tertiary alicyclic amines) is 1. The molecule has 3 aromatic rings. The van der Waals surface area contributed by atoms with Crippen molar-refractivity contribution in [3.05, 3.63) is 88.4 Å². The van der Waals surface area contributed by atoms with Crippen molar-refractivity contribution in [2.75, 3.05) is 51.3 Å². The van der Waals surface area contributed by atoms with E-state index in [2.05, 4.69) is 50.4 Å². The molecule has 270 valence electrons. The Labute approximate surface area is 302 Å². The highest BCUT2D eigenvalue weighted by Crippen LogP contribution is 2.46. The Kier molecular flexibility index (Phi) is 13.2. The lowest BCUT2D eigenvalue weighted by Crippen LogP contribution is -2.47. The Morgan fingerprint density at radius 3 is 2.46 bits per heavy atom. The van der Waals surface area contributed by atoms with E-state index in [1.807, 2.05) is 36.4 Å². The number of benzene rings is 3. The summed E-state index contributed by atoms with van der Waals surface area (Å²) in [6, 6.07) is 21.8. The van der Waals surface area contributed by atoms with Gasteiger partial charge < -0.3 is 35.1 Å². The van der Waals surface area contributed by atoms with Crippen molar-refractivity contribution in [3.8, 4) is 11.5 Å². The number of para-hydroxylation sites is 1. The summed E-state index contributed by atoms with van der Waals surface area (Å²) < 4.78 is 19.0. The normalized spacial score (nSPS) is 18.5. The van der Waals surface area contributed by atoms with Crippen LogP contribution in [0.3, 0.4) is 0 Å². The van der Waals surface area contributed by atoms with E-state index >= 15 is 0 Å². The first-order valence-corrected chi connectivity index (χ1v) is 18.3. The van der Waals surface area contributed by atoms with Crippen molar-refractivity contribution in [1.82, 2.24) is 10.2 Å². The first-order chi connectivity index (χ1) is 24.0. The summed E-state index contributed by atoms with van der Waals surface area (Å²) in [5.41, 5.74) is 9.35. The van der Waals surface area contributed by atoms with Gasteiger partial charge in [-0.1, -0.05) is 74.8 Å². The summed E-state index contributed by atoms with van der Waals surface area (Å²) in [6.07, 6.45) is 2.55. The van der Waals surface area contributed by atoms with E-state index in [4.69, 9.17) is 31.5 Å². The van der Waals surface area contributed by atoms with Crippen LogP contribution in [0.5, 0.6) is 11.5 Å². The maximum absolute atomic E-state index is 14.4. The molecule has 1 fully saturated rings. The fraction of sp³-hybridized carbons (Fsp3) is 0.500. The molecule has 0 aromatic heterocycles. The van der Waals surface area contributed by atoms with E-state index in [0.717, 1.165) is 50.8 Å². The predicted molar refractivity (Wildman–Crippen MR) is 199 cm³/mol. The summed E-state index contributed by atoms with van der Waals surface area (Å²) in [6.45, 7) is 10.1. The molecule has 2 heterocycles. The van der Waals surface area contributed by atoms with Gasteiger partial charge in [0.15, 0.2) is 11.5 Å². The SMILES string of the molecule is COc1c(OCCCNCCCc2ccccc2)cccc1[C@H]1O[C@H](CC(=O)N2CCC(N)CC2)C(=O)N(CC(C)(C)C)c2ccc(Cl)cc21. The van der Waals surface area contributed by atoms with Crippen molar-refractivity contribution in [1.29, 1.82) is 0 Å². The van der Waals surface area contributed by atoms with Crippen molar-refractivity contribution < 1.29 is 23.8 Å². The zero-order valence-electron chi connectivity index (χ0n) is 30.0. The molecule has 0 radical (unpaired) electrons. The number of piperidine rings is 1. The van der Waals surface area contributed by atoms with E-state index in [-0.39, 0.29) is 29.7 Å². The standard InChI is InChI=1S/C40H53ClN4O5/c1-40(2,3)27-45-33-17-16-29(41)25-32(33)37(50-35(39(45)47)26-36(46)44-22-18-30(42)19-23-44)31-14-8-15-34(38(31)48-4)49-24-10-21-43-20-9-13-28-11-6-5-7-12-28/h5-8,11-12,14-17,25,30,35,37,43H,9-10,13,18-24,26-27,42H2,1-4H3/t35-,37-/m1/s1. The number of halogens is 1. The average molecular weight is 705 g/mol. The molecule has 0 unspecified atom stereocenters. The van der Waals surface area contributed by atoms with Gasteiger partial charge in [0.2, 0.25) is 5.91 Å². The number of nitrogens with two attached hydrogens (primary N) is 1. The second-order valence-electron chi connectivity index (χ2n) is 14.5. The van der Waals surface area contributed by atoms with Crippen LogP contribution in [0.15, 0.2) is 66.7 Å². The van der Waals surface area contributed by atoms with E-state index in [1.165, 1.54) is 5.56 Å². The zero-order valence-corrected chi connectivity index (χ0v) is 30.7. The van der Waals surface area contributed by atoms with Gasteiger partial charge in [0, 0.05) is 47.5 Å². The molecular formula is C40H53ClN4O5. The topological polar surface area (TPSA) is 106 Å². The largest absolute Gasteiger partial charge is 0.492 e. The smallest absolute Gasteiger partial charge is 0.256 e. The molecule has 0 spiro atoms. The third-order valence-corrected chi connectivity index (χ3v) is 9.44. The fourth-order valence-corrected chi connectivity index (χ4v) is 6.84. The van der Waals surface area contributed by atoms with Crippen LogP contribution in [0.25, 0.3) is 0 Å². The van der Waals surface area contributed by atoms with Gasteiger partial charge in [-0.2, -0.15) is 0 Å². The number of hydrogen-bond donors (Lipinski definition) is 2. The number of amides is 2. The Morgan fingerprint density at radius 2 is 1.74 bits per heavy atom. The molecule has 2 aliphatic rings. The fourth-order valence-electron chi connectivity index (χ4n) is 6.66. The van der Waals surface area contributed by atoms with Crippen molar-refractivity contribution in [2.45, 2.75) is 77.5 Å². The van der Waals surface area contributed by atoms with Crippen LogP contribution in [-0.2, 0) is 20.7 Å². The number of anilines is 1. The molecule has 0 saturated carbocycles. The number of carbonyl (C=O) groups is 2. The lowest BCUT2D eigenvalue weighted by molar-refractivity contribution is -0.143. The zero-order chi connectivity index (χ0) is 35.7. The average Bonchev–Trinajstić information content (AvgIpc) is 3.19. The molecular weight excluding hydrogens is 652 g/mol. The lowest BCUT2D eigenvalue weighted by Gasteiger charge is -2.33. The third-order valence-electron chi connectivity index (χ3n) is 9.20. The number of methoxy groups -OCH3 is 1. The molecule has 1 saturated heterocycles. The summed E-state index contributed by atoms with van der Waals surface area (Å²) in [5, 5.41) is 4.03. The first-order valence-electron chi connectivity index (χ1n) is 17.9. The predicted octanol–water partition coefficient (Wildman–Crippen LogP) is 6.55. The Morgan fingerprint density at radius 1 is 1.00 bits per heavy atom. The van der Waals surface area contributed by atoms with E-state index < -0.39 is 12.2 Å². The Hall–Kier alpha value is -3.63. The minimum Gasteiger partial charge on any atom is -0.492 e. The molecule has 50 heavy (non-hydrogen) atoms. The van der Waals surface area contributed by atoms with E-state index in [9.17, 15) is 9.59 Å². The minimum atomic E-state index is -1.03. The quantitative estimate of drug-likeness (QED) is 0.184. The van der Waals surface area contributed by atoms with Crippen LogP contribution < -0.4 is 25.4 Å². The van der Waals surface area contributed by atoms with Gasteiger partial charge in [0.25, 0.3) is 5.91 Å². The Balaban J connectivity index is 1.35. The highest BCUT2D eigenvalue weighted by molar-refractivity contribution is 6.30. The number of aryl methyl sites for hydroxylation is 1. The van der Waals surface area contributed by atoms with Crippen LogP contribution in [-0.4, -0.2) is 75.3 Å². The van der Waals surface area contributed by atoms with Crippen LogP contribution in [0.2, 0.25) is 5.02 Å². The first kappa shape index (κ1) is 37.6. The molecule has 0 aliphatic carbocycles. The maximum atomic E-state index is 14.4. The molecule has 10 heteroatoms. The molecule has 2 atom stereocenters. The second-order valence-corrected chi connectivity index (χ2v) is 15.0. The molecule has 0 bridgehead atoms. The number of hydrogen-bond acceptors (Lipinski definition) is 7. The van der Waals surface area contributed by atoms with Gasteiger partial charge in [-0.25, -0.2) is 0 Å². The van der Waals surface area contributed by atoms with E-state index in [1.54, 1.807) is 23.0 Å². The molecule has 3 N–H and O–H groups in total. The third kappa shape index (κ3) is 10.00. The maximum Gasteiger partial charge on any atom is 0.256 e. The number of nitrogens with one attached hydrogen (secondary N) is 1. The molecule has 2 aliphatic heterocycles. The van der Waals surface area contributed by atoms with Crippen LogP contribution >= 0.6 is 11.6 Å². The summed E-state index contributed by atoms with van der Waals surface area (Å²) in [7, 11) is 1.61. The number of carbonyl (C=O) groups excluding carboxylic acids is 2. The van der Waals surface area contributed by atoms with Gasteiger partial charge in [0.05, 0.1) is 20.1 Å². The van der Waals surface area contributed by atoms with Crippen molar-refractivity contribution >= 4 is 29.1 Å². The minimum absolute atomic E-state index is 0.0796. The van der Waals surface area contributed by atoms with Gasteiger partial charge in [-0.15, -0.1) is 0 Å². The van der Waals surface area contributed by atoms with Crippen LogP contribution in [0.1, 0.15) is 75.7 Å². The molecule has 3 aromatic carbocycles. The van der Waals surface area contributed by atoms with Crippen molar-refractivity contribution in [3.63, 3.8) is 0 Å². The lowest BCUT2D eigenvalue weighted by atomic mass is 9.94. The number of nitrogens with zero attached hydrogens (tertiary/aromatic N) is 2.